The van der Waals surface area contributed by atoms with E-state index in [1.54, 1.807) is 0 Å². The Labute approximate surface area is 161 Å². The minimum absolute atomic E-state index is 0.357. The Morgan fingerprint density at radius 3 is 2.19 bits per heavy atom. The molecule has 26 heavy (non-hydrogen) atoms. The molecule has 1 fully saturated rings. The van der Waals surface area contributed by atoms with Gasteiger partial charge in [-0.25, -0.2) is 0 Å². The maximum atomic E-state index is 6.03. The molecule has 0 saturated carbocycles. The average Bonchev–Trinajstić information content (AvgIpc) is 3.45. The van der Waals surface area contributed by atoms with E-state index in [-0.39, 0.29) is 0 Å². The summed E-state index contributed by atoms with van der Waals surface area (Å²) in [5.41, 5.74) is 0. The highest BCUT2D eigenvalue weighted by Crippen LogP contribution is 2.25. The number of allylic oxidation sites excluding steroid dienone is 1. The predicted octanol–water partition coefficient (Wildman–Crippen LogP) is 5.65. The number of unbranched alkanes of at least 4 members (excludes halogenated alkanes) is 7. The second kappa shape index (κ2) is 15.6. The van der Waals surface area contributed by atoms with Crippen LogP contribution in [0.15, 0.2) is 12.2 Å². The van der Waals surface area contributed by atoms with Crippen molar-refractivity contribution in [3.63, 3.8) is 0 Å². The molecule has 1 aliphatic rings. The maximum absolute atomic E-state index is 6.03. The summed E-state index contributed by atoms with van der Waals surface area (Å²) in [6.45, 7) is 10.1. The quantitative estimate of drug-likeness (QED) is 0.127. The summed E-state index contributed by atoms with van der Waals surface area (Å²) in [4.78, 5) is 0. The number of hydrogen-bond donors (Lipinski definition) is 0. The van der Waals surface area contributed by atoms with Crippen molar-refractivity contribution >= 4 is 0 Å². The van der Waals surface area contributed by atoms with Gasteiger partial charge in [-0.1, -0.05) is 51.5 Å². The molecular formula is C22H42O4. The van der Waals surface area contributed by atoms with Crippen molar-refractivity contribution < 1.29 is 18.9 Å². The van der Waals surface area contributed by atoms with E-state index in [4.69, 9.17) is 18.9 Å². The van der Waals surface area contributed by atoms with Gasteiger partial charge in [-0.3, -0.25) is 0 Å². The van der Waals surface area contributed by atoms with Gasteiger partial charge < -0.3 is 18.9 Å². The number of ether oxygens (including phenoxy) is 4. The molecule has 1 atom stereocenters. The van der Waals surface area contributed by atoms with Crippen molar-refractivity contribution in [2.45, 2.75) is 96.9 Å². The summed E-state index contributed by atoms with van der Waals surface area (Å²) < 4.78 is 22.8. The average molecular weight is 371 g/mol. The Hall–Kier alpha value is -0.420. The molecule has 1 saturated heterocycles. The van der Waals surface area contributed by atoms with E-state index < -0.39 is 5.79 Å². The van der Waals surface area contributed by atoms with Crippen LogP contribution in [0.3, 0.4) is 0 Å². The first-order valence-electron chi connectivity index (χ1n) is 10.9. The number of rotatable bonds is 19. The third-order valence-corrected chi connectivity index (χ3v) is 4.64. The first-order chi connectivity index (χ1) is 12.8. The van der Waals surface area contributed by atoms with Gasteiger partial charge in [0.05, 0.1) is 13.2 Å². The van der Waals surface area contributed by atoms with E-state index in [0.717, 1.165) is 45.5 Å². The zero-order chi connectivity index (χ0) is 18.9. The third-order valence-electron chi connectivity index (χ3n) is 4.64. The molecule has 1 aliphatic heterocycles. The van der Waals surface area contributed by atoms with Crippen LogP contribution in [0.25, 0.3) is 0 Å². The first-order valence-corrected chi connectivity index (χ1v) is 10.9. The highest BCUT2D eigenvalue weighted by Gasteiger charge is 2.27. The van der Waals surface area contributed by atoms with E-state index in [1.165, 1.54) is 38.5 Å². The molecule has 1 heterocycles. The van der Waals surface area contributed by atoms with Crippen molar-refractivity contribution in [2.75, 3.05) is 33.0 Å². The molecule has 0 radical (unpaired) electrons. The van der Waals surface area contributed by atoms with Crippen molar-refractivity contribution in [1.29, 1.82) is 0 Å². The molecule has 0 unspecified atom stereocenters. The van der Waals surface area contributed by atoms with Crippen LogP contribution in [0.4, 0.5) is 0 Å². The van der Waals surface area contributed by atoms with Crippen molar-refractivity contribution in [1.82, 2.24) is 0 Å². The van der Waals surface area contributed by atoms with Crippen molar-refractivity contribution in [2.24, 2.45) is 0 Å². The first kappa shape index (κ1) is 23.6. The van der Waals surface area contributed by atoms with Crippen LogP contribution >= 0.6 is 0 Å². The van der Waals surface area contributed by atoms with Crippen LogP contribution in [-0.2, 0) is 18.9 Å². The molecule has 4 nitrogen and oxygen atoms in total. The van der Waals surface area contributed by atoms with E-state index >= 15 is 0 Å². The summed E-state index contributed by atoms with van der Waals surface area (Å²) in [5.74, 6) is -0.546. The maximum Gasteiger partial charge on any atom is 0.187 e. The Bertz CT molecular complexity index is 333. The monoisotopic (exact) mass is 370 g/mol. The molecule has 1 rings (SSSR count). The number of epoxide rings is 1. The van der Waals surface area contributed by atoms with Gasteiger partial charge in [0.25, 0.3) is 0 Å². The topological polar surface area (TPSA) is 40.2 Å². The van der Waals surface area contributed by atoms with Crippen LogP contribution in [0.5, 0.6) is 0 Å². The minimum Gasteiger partial charge on any atom is -0.379 e. The van der Waals surface area contributed by atoms with Crippen LogP contribution in [0, 0.1) is 0 Å². The molecular weight excluding hydrogens is 328 g/mol. The van der Waals surface area contributed by atoms with E-state index in [1.807, 2.05) is 13.8 Å². The second-order valence-corrected chi connectivity index (χ2v) is 7.12. The fourth-order valence-electron chi connectivity index (χ4n) is 3.13. The zero-order valence-electron chi connectivity index (χ0n) is 17.5. The summed E-state index contributed by atoms with van der Waals surface area (Å²) in [6, 6.07) is 0. The smallest absolute Gasteiger partial charge is 0.187 e. The van der Waals surface area contributed by atoms with E-state index in [9.17, 15) is 0 Å². The second-order valence-electron chi connectivity index (χ2n) is 7.12. The van der Waals surface area contributed by atoms with Gasteiger partial charge in [0, 0.05) is 26.2 Å². The van der Waals surface area contributed by atoms with Gasteiger partial charge in [-0.15, -0.1) is 0 Å². The third kappa shape index (κ3) is 12.1. The molecule has 0 N–H and O–H groups in total. The Morgan fingerprint density at radius 1 is 0.923 bits per heavy atom. The van der Waals surface area contributed by atoms with Crippen LogP contribution in [-0.4, -0.2) is 44.9 Å². The molecule has 0 aromatic rings. The molecule has 0 aromatic carbocycles. The van der Waals surface area contributed by atoms with Gasteiger partial charge in [-0.2, -0.15) is 0 Å². The molecule has 0 aromatic heterocycles. The number of hydrogen-bond acceptors (Lipinski definition) is 4. The van der Waals surface area contributed by atoms with Crippen LogP contribution in [0.1, 0.15) is 85.0 Å². The summed E-state index contributed by atoms with van der Waals surface area (Å²) >= 11 is 0. The van der Waals surface area contributed by atoms with Gasteiger partial charge in [0.2, 0.25) is 0 Å². The normalized spacial score (nSPS) is 17.3. The standard InChI is InChI=1S/C22H42O4/c1-4-7-8-9-10-11-13-16-22(25-5-2,26-6-3)17-14-12-15-18-23-19-21-20-24-21/h14,17,21H,4-13,15-16,18-20H2,1-3H3/t21-/m0/s1. The fraction of sp³-hybridized carbons (Fsp3) is 0.909. The highest BCUT2D eigenvalue weighted by atomic mass is 16.7. The lowest BCUT2D eigenvalue weighted by Gasteiger charge is -2.30. The Kier molecular flexibility index (Phi) is 14.2. The fourth-order valence-corrected chi connectivity index (χ4v) is 3.13. The lowest BCUT2D eigenvalue weighted by atomic mass is 10.0. The highest BCUT2D eigenvalue weighted by molar-refractivity contribution is 4.96. The molecule has 154 valence electrons. The molecule has 0 aliphatic carbocycles. The SMILES string of the molecule is CCCCCCCCCC(C=CCCCOC[C@H]1CO1)(OCC)OCC. The van der Waals surface area contributed by atoms with Gasteiger partial charge in [-0.05, 0) is 39.2 Å². The van der Waals surface area contributed by atoms with E-state index in [0.29, 0.717) is 19.3 Å². The minimum atomic E-state index is -0.546. The van der Waals surface area contributed by atoms with Gasteiger partial charge in [0.1, 0.15) is 6.10 Å². The van der Waals surface area contributed by atoms with Crippen LogP contribution < -0.4 is 0 Å². The Morgan fingerprint density at radius 2 is 1.58 bits per heavy atom. The van der Waals surface area contributed by atoms with Crippen molar-refractivity contribution in [3.8, 4) is 0 Å². The summed E-state index contributed by atoms with van der Waals surface area (Å²) in [7, 11) is 0. The van der Waals surface area contributed by atoms with Crippen molar-refractivity contribution in [3.05, 3.63) is 12.2 Å². The molecule has 0 spiro atoms. The zero-order valence-corrected chi connectivity index (χ0v) is 17.5. The van der Waals surface area contributed by atoms with E-state index in [2.05, 4.69) is 19.1 Å². The molecule has 0 amide bonds. The Balaban J connectivity index is 2.26. The van der Waals surface area contributed by atoms with Gasteiger partial charge >= 0.3 is 0 Å². The lowest BCUT2D eigenvalue weighted by Crippen LogP contribution is -2.34. The molecule has 4 heteroatoms. The largest absolute Gasteiger partial charge is 0.379 e. The summed E-state index contributed by atoms with van der Waals surface area (Å²) in [6.07, 6.45) is 16.8. The summed E-state index contributed by atoms with van der Waals surface area (Å²) in [5, 5.41) is 0. The lowest BCUT2D eigenvalue weighted by molar-refractivity contribution is -0.203. The van der Waals surface area contributed by atoms with Crippen LogP contribution in [0.2, 0.25) is 0 Å². The molecule has 0 bridgehead atoms. The van der Waals surface area contributed by atoms with Gasteiger partial charge in [0.15, 0.2) is 5.79 Å². The predicted molar refractivity (Wildman–Crippen MR) is 108 cm³/mol.